The number of aliphatic hydroxyl groups is 3. The second kappa shape index (κ2) is 13.1. The van der Waals surface area contributed by atoms with E-state index in [4.69, 9.17) is 4.74 Å². The van der Waals surface area contributed by atoms with Crippen molar-refractivity contribution in [3.63, 3.8) is 0 Å². The fourth-order valence-corrected chi connectivity index (χ4v) is 4.52. The van der Waals surface area contributed by atoms with Crippen molar-refractivity contribution in [2.45, 2.75) is 83.7 Å². The van der Waals surface area contributed by atoms with Crippen molar-refractivity contribution in [1.82, 2.24) is 0 Å². The third-order valence-electron chi connectivity index (χ3n) is 6.56. The van der Waals surface area contributed by atoms with Crippen molar-refractivity contribution < 1.29 is 64.3 Å². The van der Waals surface area contributed by atoms with E-state index in [9.17, 15) is 30.0 Å². The number of carboxylic acids is 1. The second-order valence-corrected chi connectivity index (χ2v) is 8.83. The van der Waals surface area contributed by atoms with Gasteiger partial charge in [-0.15, -0.1) is 0 Å². The Balaban J connectivity index is 0.00000480. The SMILES string of the molecule is CCC(C)C(=O)OC1CC=CC2=CC(O)C(C)C(CCC(O)CC(O)CC(=O)[O-])C21.[Na+]. The van der Waals surface area contributed by atoms with Crippen LogP contribution in [-0.2, 0) is 14.3 Å². The van der Waals surface area contributed by atoms with E-state index in [1.54, 1.807) is 0 Å². The number of fused-ring (bicyclic) bond motifs is 1. The number of carboxylic acid groups (broad SMARTS) is 1. The first kappa shape index (κ1) is 28.3. The summed E-state index contributed by atoms with van der Waals surface area (Å²) in [5, 5.41) is 41.1. The molecule has 0 aromatic heterocycles. The van der Waals surface area contributed by atoms with E-state index in [2.05, 4.69) is 0 Å². The minimum atomic E-state index is -1.35. The van der Waals surface area contributed by atoms with Gasteiger partial charge >= 0.3 is 35.5 Å². The summed E-state index contributed by atoms with van der Waals surface area (Å²) in [7, 11) is 0. The smallest absolute Gasteiger partial charge is 0.550 e. The summed E-state index contributed by atoms with van der Waals surface area (Å²) in [5.74, 6) is -1.93. The van der Waals surface area contributed by atoms with Gasteiger partial charge in [-0.2, -0.15) is 0 Å². The maximum atomic E-state index is 12.4. The van der Waals surface area contributed by atoms with Crippen LogP contribution < -0.4 is 34.7 Å². The Bertz CT molecular complexity index is 662. The zero-order valence-electron chi connectivity index (χ0n) is 19.1. The Hall–Kier alpha value is -0.700. The molecule has 0 saturated carbocycles. The van der Waals surface area contributed by atoms with Crippen LogP contribution in [0.3, 0.4) is 0 Å². The zero-order chi connectivity index (χ0) is 22.4. The fraction of sp³-hybridized carbons (Fsp3) is 0.739. The second-order valence-electron chi connectivity index (χ2n) is 8.83. The molecule has 0 heterocycles. The van der Waals surface area contributed by atoms with Crippen molar-refractivity contribution in [3.05, 3.63) is 23.8 Å². The Morgan fingerprint density at radius 3 is 2.58 bits per heavy atom. The van der Waals surface area contributed by atoms with Gasteiger partial charge in [-0.1, -0.05) is 39.0 Å². The zero-order valence-corrected chi connectivity index (χ0v) is 21.1. The van der Waals surface area contributed by atoms with Gasteiger partial charge in [-0.25, -0.2) is 0 Å². The molecule has 8 heteroatoms. The van der Waals surface area contributed by atoms with Crippen LogP contribution >= 0.6 is 0 Å². The number of carbonyl (C=O) groups is 2. The third kappa shape index (κ3) is 7.98. The number of rotatable bonds is 10. The van der Waals surface area contributed by atoms with E-state index in [-0.39, 0.29) is 71.7 Å². The molecule has 2 aliphatic carbocycles. The molecule has 8 atom stereocenters. The quantitative estimate of drug-likeness (QED) is 0.265. The summed E-state index contributed by atoms with van der Waals surface area (Å²) >= 11 is 0. The summed E-state index contributed by atoms with van der Waals surface area (Å²) in [6.45, 7) is 5.73. The number of carbonyl (C=O) groups excluding carboxylic acids is 2. The summed E-state index contributed by atoms with van der Waals surface area (Å²) in [4.78, 5) is 23.0. The molecule has 0 aliphatic heterocycles. The van der Waals surface area contributed by atoms with Crippen LogP contribution in [0.4, 0.5) is 0 Å². The molecular formula is C23H35NaO7. The van der Waals surface area contributed by atoms with Crippen LogP contribution in [0.15, 0.2) is 23.8 Å². The predicted octanol–water partition coefficient (Wildman–Crippen LogP) is -1.89. The normalized spacial score (nSPS) is 30.3. The third-order valence-corrected chi connectivity index (χ3v) is 6.56. The molecule has 0 spiro atoms. The van der Waals surface area contributed by atoms with E-state index in [0.717, 1.165) is 5.57 Å². The largest absolute Gasteiger partial charge is 1.00 e. The van der Waals surface area contributed by atoms with Gasteiger partial charge in [0, 0.05) is 24.7 Å². The molecule has 0 fully saturated rings. The average molecular weight is 447 g/mol. The molecule has 7 nitrogen and oxygen atoms in total. The molecule has 3 N–H and O–H groups in total. The summed E-state index contributed by atoms with van der Waals surface area (Å²) < 4.78 is 5.86. The van der Waals surface area contributed by atoms with Gasteiger partial charge in [0.15, 0.2) is 0 Å². The number of hydrogen-bond donors (Lipinski definition) is 3. The monoisotopic (exact) mass is 446 g/mol. The summed E-state index contributed by atoms with van der Waals surface area (Å²) in [6.07, 6.45) is 4.46. The van der Waals surface area contributed by atoms with Crippen LogP contribution in [-0.4, -0.2) is 51.7 Å². The molecule has 2 rings (SSSR count). The molecule has 31 heavy (non-hydrogen) atoms. The first-order valence-corrected chi connectivity index (χ1v) is 11.0. The Kier molecular flexibility index (Phi) is 12.0. The number of esters is 1. The van der Waals surface area contributed by atoms with E-state index in [1.165, 1.54) is 0 Å². The van der Waals surface area contributed by atoms with Crippen molar-refractivity contribution in [3.8, 4) is 0 Å². The van der Waals surface area contributed by atoms with E-state index in [0.29, 0.717) is 25.7 Å². The van der Waals surface area contributed by atoms with Crippen LogP contribution in [0.5, 0.6) is 0 Å². The van der Waals surface area contributed by atoms with E-state index in [1.807, 2.05) is 39.0 Å². The molecule has 0 aromatic rings. The standard InChI is InChI=1S/C23H36O7.Na/c1-4-13(2)23(29)30-20-7-5-6-15-10-19(26)14(3)18(22(15)20)9-8-16(24)11-17(25)12-21(27)28;/h5-6,10,13-14,16-20,22,24-26H,4,7-9,11-12H2,1-3H3,(H,27,28);/q;+1/p-1. The van der Waals surface area contributed by atoms with Crippen molar-refractivity contribution in [2.24, 2.45) is 23.7 Å². The van der Waals surface area contributed by atoms with E-state index < -0.39 is 30.7 Å². The Morgan fingerprint density at radius 2 is 1.97 bits per heavy atom. The van der Waals surface area contributed by atoms with Crippen molar-refractivity contribution in [1.29, 1.82) is 0 Å². The van der Waals surface area contributed by atoms with Gasteiger partial charge in [0.05, 0.1) is 24.2 Å². The van der Waals surface area contributed by atoms with E-state index >= 15 is 0 Å². The number of ether oxygens (including phenoxy) is 1. The minimum Gasteiger partial charge on any atom is -0.550 e. The molecule has 0 amide bonds. The van der Waals surface area contributed by atoms with Gasteiger partial charge in [0.25, 0.3) is 0 Å². The average Bonchev–Trinajstić information content (AvgIpc) is 2.67. The molecule has 170 valence electrons. The molecular weight excluding hydrogens is 411 g/mol. The first-order valence-electron chi connectivity index (χ1n) is 11.0. The Labute approximate surface area is 206 Å². The van der Waals surface area contributed by atoms with Crippen LogP contribution in [0, 0.1) is 23.7 Å². The topological polar surface area (TPSA) is 127 Å². The molecule has 0 bridgehead atoms. The van der Waals surface area contributed by atoms with Crippen LogP contribution in [0.2, 0.25) is 0 Å². The first-order chi connectivity index (χ1) is 14.1. The van der Waals surface area contributed by atoms with Crippen LogP contribution in [0.1, 0.15) is 59.3 Å². The van der Waals surface area contributed by atoms with Crippen molar-refractivity contribution in [2.75, 3.05) is 0 Å². The van der Waals surface area contributed by atoms with Gasteiger partial charge in [-0.3, -0.25) is 4.79 Å². The van der Waals surface area contributed by atoms with Gasteiger partial charge in [-0.05, 0) is 43.1 Å². The Morgan fingerprint density at radius 1 is 1.29 bits per heavy atom. The molecule has 2 aliphatic rings. The summed E-state index contributed by atoms with van der Waals surface area (Å²) in [6, 6.07) is 0. The van der Waals surface area contributed by atoms with Crippen LogP contribution in [0.25, 0.3) is 0 Å². The predicted molar refractivity (Wildman–Crippen MR) is 109 cm³/mol. The molecule has 0 aromatic carbocycles. The maximum absolute atomic E-state index is 12.4. The van der Waals surface area contributed by atoms with Gasteiger partial charge in [0.2, 0.25) is 0 Å². The fourth-order valence-electron chi connectivity index (χ4n) is 4.52. The van der Waals surface area contributed by atoms with Gasteiger partial charge in [0.1, 0.15) is 6.10 Å². The van der Waals surface area contributed by atoms with Crippen molar-refractivity contribution >= 4 is 11.9 Å². The van der Waals surface area contributed by atoms with Gasteiger partial charge < -0.3 is 30.0 Å². The molecule has 0 saturated heterocycles. The minimum absolute atomic E-state index is 0. The number of aliphatic hydroxyl groups excluding tert-OH is 3. The summed E-state index contributed by atoms with van der Waals surface area (Å²) in [5.41, 5.74) is 0.949. The molecule has 0 radical (unpaired) electrons. The maximum Gasteiger partial charge on any atom is 1.00 e. The number of hydrogen-bond acceptors (Lipinski definition) is 7. The molecule has 8 unspecified atom stereocenters. The number of aliphatic carboxylic acids is 1. The number of allylic oxidation sites excluding steroid dienone is 1.